The van der Waals surface area contributed by atoms with Crippen LogP contribution in [0.15, 0.2) is 18.3 Å². The van der Waals surface area contributed by atoms with Gasteiger partial charge in [0.25, 0.3) is 0 Å². The molecule has 2 heteroatoms. The van der Waals surface area contributed by atoms with Gasteiger partial charge in [-0.25, -0.2) is 0 Å². The molecule has 1 aliphatic rings. The van der Waals surface area contributed by atoms with Crippen molar-refractivity contribution in [1.29, 1.82) is 0 Å². The van der Waals surface area contributed by atoms with E-state index in [2.05, 4.69) is 36.3 Å². The summed E-state index contributed by atoms with van der Waals surface area (Å²) in [6.45, 7) is 5.45. The Hall–Kier alpha value is -0.890. The first-order chi connectivity index (χ1) is 7.81. The number of aromatic nitrogens is 1. The molecule has 0 spiro atoms. The topological polar surface area (TPSA) is 24.9 Å². The molecule has 1 unspecified atom stereocenters. The minimum atomic E-state index is 0.480. The molecule has 2 nitrogen and oxygen atoms in total. The molecule has 88 valence electrons. The fourth-order valence-corrected chi connectivity index (χ4v) is 2.32. The zero-order chi connectivity index (χ0) is 11.4. The first kappa shape index (κ1) is 11.6. The van der Waals surface area contributed by atoms with Crippen LogP contribution in [0.5, 0.6) is 0 Å². The summed E-state index contributed by atoms with van der Waals surface area (Å²) in [7, 11) is 0. The average Bonchev–Trinajstić information content (AvgIpc) is 2.21. The number of hydrogen-bond acceptors (Lipinski definition) is 2. The van der Waals surface area contributed by atoms with Crippen LogP contribution in [0, 0.1) is 12.8 Å². The van der Waals surface area contributed by atoms with Crippen LogP contribution in [0.4, 0.5) is 0 Å². The van der Waals surface area contributed by atoms with E-state index >= 15 is 0 Å². The van der Waals surface area contributed by atoms with E-state index in [1.165, 1.54) is 36.9 Å². The van der Waals surface area contributed by atoms with E-state index in [0.29, 0.717) is 6.04 Å². The van der Waals surface area contributed by atoms with Gasteiger partial charge in [-0.1, -0.05) is 13.3 Å². The van der Waals surface area contributed by atoms with Crippen LogP contribution in [0.2, 0.25) is 0 Å². The van der Waals surface area contributed by atoms with Gasteiger partial charge in [-0.3, -0.25) is 4.98 Å². The SMILES string of the molecule is CCCNC(c1cc(C)ccn1)C1CCC1. The molecule has 16 heavy (non-hydrogen) atoms. The molecule has 1 saturated carbocycles. The smallest absolute Gasteiger partial charge is 0.0578 e. The Bertz CT molecular complexity index is 331. The van der Waals surface area contributed by atoms with Crippen molar-refractivity contribution >= 4 is 0 Å². The molecule has 1 N–H and O–H groups in total. The van der Waals surface area contributed by atoms with Crippen molar-refractivity contribution < 1.29 is 0 Å². The van der Waals surface area contributed by atoms with Crippen molar-refractivity contribution in [3.63, 3.8) is 0 Å². The van der Waals surface area contributed by atoms with Gasteiger partial charge < -0.3 is 5.32 Å². The van der Waals surface area contributed by atoms with E-state index in [9.17, 15) is 0 Å². The Morgan fingerprint density at radius 1 is 1.50 bits per heavy atom. The summed E-state index contributed by atoms with van der Waals surface area (Å²) in [6, 6.07) is 4.78. The molecule has 1 atom stereocenters. The second-order valence-corrected chi connectivity index (χ2v) is 4.88. The lowest BCUT2D eigenvalue weighted by molar-refractivity contribution is 0.227. The highest BCUT2D eigenvalue weighted by Crippen LogP contribution is 2.37. The van der Waals surface area contributed by atoms with E-state index in [1.807, 2.05) is 6.20 Å². The number of nitrogens with zero attached hydrogens (tertiary/aromatic N) is 1. The molecule has 0 radical (unpaired) electrons. The Morgan fingerprint density at radius 2 is 2.31 bits per heavy atom. The second-order valence-electron chi connectivity index (χ2n) is 4.88. The van der Waals surface area contributed by atoms with E-state index in [0.717, 1.165) is 12.5 Å². The Balaban J connectivity index is 2.10. The van der Waals surface area contributed by atoms with Crippen LogP contribution in [0.25, 0.3) is 0 Å². The molecule has 1 aliphatic carbocycles. The van der Waals surface area contributed by atoms with Crippen LogP contribution in [0.1, 0.15) is 49.9 Å². The van der Waals surface area contributed by atoms with Gasteiger partial charge in [0.2, 0.25) is 0 Å². The van der Waals surface area contributed by atoms with Gasteiger partial charge >= 0.3 is 0 Å². The van der Waals surface area contributed by atoms with Gasteiger partial charge in [-0.05, 0) is 56.3 Å². The quantitative estimate of drug-likeness (QED) is 0.820. The molecule has 0 bridgehead atoms. The third kappa shape index (κ3) is 2.62. The monoisotopic (exact) mass is 218 g/mol. The molecular weight excluding hydrogens is 196 g/mol. The summed E-state index contributed by atoms with van der Waals surface area (Å²) < 4.78 is 0. The maximum atomic E-state index is 4.53. The zero-order valence-corrected chi connectivity index (χ0v) is 10.4. The molecule has 1 aromatic rings. The van der Waals surface area contributed by atoms with Gasteiger partial charge in [0.15, 0.2) is 0 Å². The van der Waals surface area contributed by atoms with E-state index < -0.39 is 0 Å². The summed E-state index contributed by atoms with van der Waals surface area (Å²) in [5.74, 6) is 0.806. The van der Waals surface area contributed by atoms with Crippen molar-refractivity contribution in [2.75, 3.05) is 6.54 Å². The van der Waals surface area contributed by atoms with Crippen molar-refractivity contribution in [1.82, 2.24) is 10.3 Å². The molecule has 0 saturated heterocycles. The third-order valence-corrected chi connectivity index (χ3v) is 3.49. The van der Waals surface area contributed by atoms with Crippen LogP contribution < -0.4 is 5.32 Å². The number of nitrogens with one attached hydrogen (secondary N) is 1. The lowest BCUT2D eigenvalue weighted by Gasteiger charge is -2.34. The summed E-state index contributed by atoms with van der Waals surface area (Å²) in [6.07, 6.45) is 7.23. The second kappa shape index (κ2) is 5.44. The normalized spacial score (nSPS) is 18.1. The van der Waals surface area contributed by atoms with Crippen molar-refractivity contribution in [3.8, 4) is 0 Å². The van der Waals surface area contributed by atoms with E-state index in [-0.39, 0.29) is 0 Å². The molecule has 1 heterocycles. The van der Waals surface area contributed by atoms with Crippen LogP contribution in [-0.2, 0) is 0 Å². The number of hydrogen-bond donors (Lipinski definition) is 1. The lowest BCUT2D eigenvalue weighted by Crippen LogP contribution is -2.33. The highest BCUT2D eigenvalue weighted by molar-refractivity contribution is 5.18. The van der Waals surface area contributed by atoms with Gasteiger partial charge in [-0.15, -0.1) is 0 Å². The summed E-state index contributed by atoms with van der Waals surface area (Å²) in [4.78, 5) is 4.53. The van der Waals surface area contributed by atoms with Gasteiger partial charge in [0.1, 0.15) is 0 Å². The van der Waals surface area contributed by atoms with E-state index in [4.69, 9.17) is 0 Å². The summed E-state index contributed by atoms with van der Waals surface area (Å²) in [5.41, 5.74) is 2.55. The van der Waals surface area contributed by atoms with Crippen LogP contribution in [-0.4, -0.2) is 11.5 Å². The van der Waals surface area contributed by atoms with Gasteiger partial charge in [-0.2, -0.15) is 0 Å². The van der Waals surface area contributed by atoms with Crippen molar-refractivity contribution in [2.45, 2.75) is 45.6 Å². The predicted molar refractivity (Wildman–Crippen MR) is 67.3 cm³/mol. The van der Waals surface area contributed by atoms with Gasteiger partial charge in [0, 0.05) is 6.20 Å². The van der Waals surface area contributed by atoms with Crippen molar-refractivity contribution in [3.05, 3.63) is 29.6 Å². The maximum Gasteiger partial charge on any atom is 0.0578 e. The minimum Gasteiger partial charge on any atom is -0.308 e. The van der Waals surface area contributed by atoms with Crippen LogP contribution in [0.3, 0.4) is 0 Å². The fraction of sp³-hybridized carbons (Fsp3) is 0.643. The number of pyridine rings is 1. The first-order valence-corrected chi connectivity index (χ1v) is 6.47. The molecular formula is C14H22N2. The standard InChI is InChI=1S/C14H22N2/c1-3-8-16-14(12-5-4-6-12)13-10-11(2)7-9-15-13/h7,9-10,12,14,16H,3-6,8H2,1-2H3. The lowest BCUT2D eigenvalue weighted by atomic mass is 9.78. The highest BCUT2D eigenvalue weighted by atomic mass is 14.9. The van der Waals surface area contributed by atoms with Crippen molar-refractivity contribution in [2.24, 2.45) is 5.92 Å². The molecule has 0 aromatic carbocycles. The Kier molecular flexibility index (Phi) is 3.94. The first-order valence-electron chi connectivity index (χ1n) is 6.47. The molecule has 0 amide bonds. The van der Waals surface area contributed by atoms with Crippen LogP contribution >= 0.6 is 0 Å². The number of rotatable bonds is 5. The molecule has 2 rings (SSSR count). The summed E-state index contributed by atoms with van der Waals surface area (Å²) >= 11 is 0. The minimum absolute atomic E-state index is 0.480. The molecule has 1 aromatic heterocycles. The molecule has 0 aliphatic heterocycles. The average molecular weight is 218 g/mol. The third-order valence-electron chi connectivity index (χ3n) is 3.49. The highest BCUT2D eigenvalue weighted by Gasteiger charge is 2.28. The maximum absolute atomic E-state index is 4.53. The fourth-order valence-electron chi connectivity index (χ4n) is 2.32. The summed E-state index contributed by atoms with van der Waals surface area (Å²) in [5, 5.41) is 3.65. The van der Waals surface area contributed by atoms with E-state index in [1.54, 1.807) is 0 Å². The predicted octanol–water partition coefficient (Wildman–Crippen LogP) is 3.23. The Labute approximate surface area is 98.5 Å². The Morgan fingerprint density at radius 3 is 2.88 bits per heavy atom. The largest absolute Gasteiger partial charge is 0.308 e. The van der Waals surface area contributed by atoms with Gasteiger partial charge in [0.05, 0.1) is 11.7 Å². The number of aryl methyl sites for hydroxylation is 1. The molecule has 1 fully saturated rings. The zero-order valence-electron chi connectivity index (χ0n) is 10.4.